The second-order valence-electron chi connectivity index (χ2n) is 10.00. The normalized spacial score (nSPS) is 10.8. The SMILES string of the molecule is CC(=O)c1ccc(OCc2ccccc2)cc1OC(=O)/C=C/c1ccc(OCc2ccccc2)c(OCc2ccccc2)c1. The zero-order valence-electron chi connectivity index (χ0n) is 24.3. The molecular weight excluding hydrogens is 552 g/mol. The van der Waals surface area contributed by atoms with Crippen LogP contribution in [0.25, 0.3) is 6.08 Å². The van der Waals surface area contributed by atoms with E-state index in [1.54, 1.807) is 24.3 Å². The third-order valence-electron chi connectivity index (χ3n) is 6.65. The van der Waals surface area contributed by atoms with Gasteiger partial charge in [0.15, 0.2) is 17.3 Å². The molecule has 5 aromatic rings. The highest BCUT2D eigenvalue weighted by Crippen LogP contribution is 2.31. The van der Waals surface area contributed by atoms with Crippen molar-refractivity contribution in [3.05, 3.63) is 161 Å². The summed E-state index contributed by atoms with van der Waals surface area (Å²) < 4.78 is 23.7. The molecule has 0 aliphatic rings. The molecule has 0 N–H and O–H groups in total. The Labute approximate surface area is 257 Å². The number of ether oxygens (including phenoxy) is 4. The van der Waals surface area contributed by atoms with E-state index in [0.717, 1.165) is 16.7 Å². The van der Waals surface area contributed by atoms with E-state index in [1.165, 1.54) is 13.0 Å². The minimum Gasteiger partial charge on any atom is -0.489 e. The fourth-order valence-electron chi connectivity index (χ4n) is 4.35. The predicted molar refractivity (Wildman–Crippen MR) is 170 cm³/mol. The zero-order chi connectivity index (χ0) is 30.6. The summed E-state index contributed by atoms with van der Waals surface area (Å²) in [6, 6.07) is 39.7. The smallest absolute Gasteiger partial charge is 0.336 e. The van der Waals surface area contributed by atoms with Gasteiger partial charge in [0.05, 0.1) is 5.56 Å². The van der Waals surface area contributed by atoms with Crippen molar-refractivity contribution in [2.45, 2.75) is 26.7 Å². The Balaban J connectivity index is 1.29. The van der Waals surface area contributed by atoms with Crippen molar-refractivity contribution < 1.29 is 28.5 Å². The Hall–Kier alpha value is -5.62. The van der Waals surface area contributed by atoms with E-state index in [4.69, 9.17) is 18.9 Å². The lowest BCUT2D eigenvalue weighted by atomic mass is 10.1. The molecule has 0 saturated heterocycles. The number of esters is 1. The lowest BCUT2D eigenvalue weighted by Gasteiger charge is -2.14. The highest BCUT2D eigenvalue weighted by atomic mass is 16.5. The molecule has 220 valence electrons. The van der Waals surface area contributed by atoms with Crippen LogP contribution < -0.4 is 18.9 Å². The third kappa shape index (κ3) is 8.69. The summed E-state index contributed by atoms with van der Waals surface area (Å²) in [5, 5.41) is 0. The molecule has 0 aromatic heterocycles. The molecule has 44 heavy (non-hydrogen) atoms. The molecule has 0 aliphatic heterocycles. The highest BCUT2D eigenvalue weighted by molar-refractivity contribution is 5.98. The van der Waals surface area contributed by atoms with Crippen LogP contribution in [0.15, 0.2) is 133 Å². The van der Waals surface area contributed by atoms with Gasteiger partial charge in [0.1, 0.15) is 31.3 Å². The van der Waals surface area contributed by atoms with Crippen LogP contribution >= 0.6 is 0 Å². The zero-order valence-corrected chi connectivity index (χ0v) is 24.3. The molecule has 0 spiro atoms. The summed E-state index contributed by atoms with van der Waals surface area (Å²) in [7, 11) is 0. The second kappa shape index (κ2) is 15.0. The van der Waals surface area contributed by atoms with Gasteiger partial charge in [-0.25, -0.2) is 4.79 Å². The van der Waals surface area contributed by atoms with E-state index in [-0.39, 0.29) is 17.1 Å². The van der Waals surface area contributed by atoms with Gasteiger partial charge in [-0.3, -0.25) is 4.79 Å². The van der Waals surface area contributed by atoms with Crippen molar-refractivity contribution in [3.63, 3.8) is 0 Å². The van der Waals surface area contributed by atoms with E-state index in [2.05, 4.69) is 0 Å². The van der Waals surface area contributed by atoms with Gasteiger partial charge >= 0.3 is 5.97 Å². The number of hydrogen-bond donors (Lipinski definition) is 0. The lowest BCUT2D eigenvalue weighted by Crippen LogP contribution is -2.08. The summed E-state index contributed by atoms with van der Waals surface area (Å²) in [6.07, 6.45) is 2.93. The van der Waals surface area contributed by atoms with Crippen LogP contribution in [0.1, 0.15) is 39.5 Å². The Morgan fingerprint density at radius 3 is 1.68 bits per heavy atom. The van der Waals surface area contributed by atoms with Crippen molar-refractivity contribution in [2.75, 3.05) is 0 Å². The molecule has 0 bridgehead atoms. The average Bonchev–Trinajstić information content (AvgIpc) is 3.06. The maximum atomic E-state index is 12.9. The first-order valence-electron chi connectivity index (χ1n) is 14.2. The average molecular weight is 585 g/mol. The Bertz CT molecular complexity index is 1710. The van der Waals surface area contributed by atoms with Gasteiger partial charge in [0, 0.05) is 12.1 Å². The number of carbonyl (C=O) groups excluding carboxylic acids is 2. The number of benzene rings is 5. The molecule has 5 aromatic carbocycles. The first kappa shape index (κ1) is 29.9. The van der Waals surface area contributed by atoms with Crippen LogP contribution in [0.2, 0.25) is 0 Å². The highest BCUT2D eigenvalue weighted by Gasteiger charge is 2.14. The monoisotopic (exact) mass is 584 g/mol. The van der Waals surface area contributed by atoms with Gasteiger partial charge < -0.3 is 18.9 Å². The standard InChI is InChI=1S/C38H32O6/c1-28(39)34-20-19-33(41-25-30-11-5-2-6-12-30)24-36(34)44-38(40)22-18-29-17-21-35(42-26-31-13-7-3-8-14-31)37(23-29)43-27-32-15-9-4-10-16-32/h2-24H,25-27H2,1H3/b22-18+. The van der Waals surface area contributed by atoms with E-state index in [9.17, 15) is 9.59 Å². The number of ketones is 1. The number of Topliss-reactive ketones (excluding diaryl/α,β-unsaturated/α-hetero) is 1. The number of hydrogen-bond acceptors (Lipinski definition) is 6. The maximum Gasteiger partial charge on any atom is 0.336 e. The van der Waals surface area contributed by atoms with E-state index < -0.39 is 5.97 Å². The van der Waals surface area contributed by atoms with Crippen LogP contribution in [-0.4, -0.2) is 11.8 Å². The Kier molecular flexibility index (Phi) is 10.2. The van der Waals surface area contributed by atoms with Gasteiger partial charge in [-0.1, -0.05) is 97.1 Å². The summed E-state index contributed by atoms with van der Waals surface area (Å²) in [5.41, 5.74) is 4.04. The molecule has 0 atom stereocenters. The van der Waals surface area contributed by atoms with Crippen LogP contribution in [0.5, 0.6) is 23.0 Å². The lowest BCUT2D eigenvalue weighted by molar-refractivity contribution is -0.128. The maximum absolute atomic E-state index is 12.9. The van der Waals surface area contributed by atoms with Crippen LogP contribution in [0, 0.1) is 0 Å². The Morgan fingerprint density at radius 1 is 0.568 bits per heavy atom. The minimum absolute atomic E-state index is 0.134. The quantitative estimate of drug-likeness (QED) is 0.0601. The van der Waals surface area contributed by atoms with Gasteiger partial charge in [-0.15, -0.1) is 0 Å². The molecule has 0 saturated carbocycles. The molecule has 0 amide bonds. The van der Waals surface area contributed by atoms with Crippen molar-refractivity contribution >= 4 is 17.8 Å². The van der Waals surface area contributed by atoms with E-state index in [0.29, 0.717) is 42.6 Å². The molecule has 5 rings (SSSR count). The molecule has 0 fully saturated rings. The van der Waals surface area contributed by atoms with E-state index >= 15 is 0 Å². The largest absolute Gasteiger partial charge is 0.489 e. The predicted octanol–water partition coefficient (Wildman–Crippen LogP) is 8.25. The summed E-state index contributed by atoms with van der Waals surface area (Å²) in [5.74, 6) is 0.887. The van der Waals surface area contributed by atoms with Crippen LogP contribution in [0.4, 0.5) is 0 Å². The van der Waals surface area contributed by atoms with Crippen molar-refractivity contribution in [1.82, 2.24) is 0 Å². The minimum atomic E-state index is -0.635. The Morgan fingerprint density at radius 2 is 1.11 bits per heavy atom. The third-order valence-corrected chi connectivity index (χ3v) is 6.65. The van der Waals surface area contributed by atoms with Gasteiger partial charge in [0.2, 0.25) is 0 Å². The summed E-state index contributed by atoms with van der Waals surface area (Å²) >= 11 is 0. The molecule has 6 nitrogen and oxygen atoms in total. The molecule has 0 radical (unpaired) electrons. The summed E-state index contributed by atoms with van der Waals surface area (Å²) in [4.78, 5) is 25.1. The number of rotatable bonds is 13. The van der Waals surface area contributed by atoms with Crippen molar-refractivity contribution in [1.29, 1.82) is 0 Å². The van der Waals surface area contributed by atoms with Crippen molar-refractivity contribution in [3.8, 4) is 23.0 Å². The molecule has 0 unspecified atom stereocenters. The van der Waals surface area contributed by atoms with Gasteiger partial charge in [-0.05, 0) is 59.5 Å². The summed E-state index contributed by atoms with van der Waals surface area (Å²) in [6.45, 7) is 2.50. The fraction of sp³-hybridized carbons (Fsp3) is 0.105. The van der Waals surface area contributed by atoms with Crippen LogP contribution in [-0.2, 0) is 24.6 Å². The van der Waals surface area contributed by atoms with Gasteiger partial charge in [-0.2, -0.15) is 0 Å². The van der Waals surface area contributed by atoms with Crippen LogP contribution in [0.3, 0.4) is 0 Å². The molecule has 0 aliphatic carbocycles. The first-order chi connectivity index (χ1) is 21.5. The molecule has 6 heteroatoms. The first-order valence-corrected chi connectivity index (χ1v) is 14.2. The molecular formula is C38H32O6. The second-order valence-corrected chi connectivity index (χ2v) is 10.00. The number of carbonyl (C=O) groups is 2. The van der Waals surface area contributed by atoms with Crippen molar-refractivity contribution in [2.24, 2.45) is 0 Å². The fourth-order valence-corrected chi connectivity index (χ4v) is 4.35. The van der Waals surface area contributed by atoms with E-state index in [1.807, 2.05) is 109 Å². The van der Waals surface area contributed by atoms with Gasteiger partial charge in [0.25, 0.3) is 0 Å². The topological polar surface area (TPSA) is 71.1 Å². The molecule has 0 heterocycles.